The predicted octanol–water partition coefficient (Wildman–Crippen LogP) is 4.81. The molecule has 2 heterocycles. The number of benzene rings is 2. The normalized spacial score (nSPS) is 15.5. The van der Waals surface area contributed by atoms with Crippen LogP contribution in [0.3, 0.4) is 0 Å². The van der Waals surface area contributed by atoms with E-state index in [-0.39, 0.29) is 23.4 Å². The Kier molecular flexibility index (Phi) is 6.65. The van der Waals surface area contributed by atoms with Crippen LogP contribution in [0.5, 0.6) is 5.75 Å². The highest BCUT2D eigenvalue weighted by atomic mass is 19.1. The van der Waals surface area contributed by atoms with E-state index in [4.69, 9.17) is 4.74 Å². The number of Topliss-reactive ketones (excluding diaryl/α,β-unsaturated/α-hetero) is 1. The van der Waals surface area contributed by atoms with Crippen molar-refractivity contribution < 1.29 is 18.7 Å². The first kappa shape index (κ1) is 24.4. The molecule has 0 fully saturated rings. The third-order valence-electron chi connectivity index (χ3n) is 6.31. The van der Waals surface area contributed by atoms with Gasteiger partial charge in [0.1, 0.15) is 17.6 Å². The van der Waals surface area contributed by atoms with Crippen molar-refractivity contribution in [2.45, 2.75) is 45.1 Å². The molecule has 0 radical (unpaired) electrons. The fraction of sp³-hybridized carbons (Fsp3) is 0.370. The van der Waals surface area contributed by atoms with Gasteiger partial charge in [-0.1, -0.05) is 39.0 Å². The summed E-state index contributed by atoms with van der Waals surface area (Å²) in [5, 5.41) is 6.99. The van der Waals surface area contributed by atoms with E-state index in [9.17, 15) is 14.0 Å². The highest BCUT2D eigenvalue weighted by Gasteiger charge is 2.36. The summed E-state index contributed by atoms with van der Waals surface area (Å²) < 4.78 is 21.7. The Morgan fingerprint density at radius 2 is 1.94 bits per heavy atom. The monoisotopic (exact) mass is 478 g/mol. The number of aromatic nitrogens is 2. The summed E-state index contributed by atoms with van der Waals surface area (Å²) in [5.74, 6) is 0.585. The number of ether oxygens (including phenoxy) is 1. The van der Waals surface area contributed by atoms with E-state index in [0.29, 0.717) is 35.7 Å². The number of rotatable bonds is 5. The molecule has 3 aromatic rings. The number of halogens is 1. The van der Waals surface area contributed by atoms with E-state index in [1.807, 2.05) is 32.9 Å². The third-order valence-corrected chi connectivity index (χ3v) is 6.31. The van der Waals surface area contributed by atoms with Crippen LogP contribution in [0.4, 0.5) is 15.0 Å². The molecule has 4 rings (SSSR count). The Morgan fingerprint density at radius 1 is 1.17 bits per heavy atom. The minimum absolute atomic E-state index is 0.00481. The Bertz CT molecular complexity index is 1260. The first-order chi connectivity index (χ1) is 16.6. The topological polar surface area (TPSA) is 76.5 Å². The SMILES string of the molecule is COc1ccc2c(c1)CCN(C(=O)Nc1ccn(C)n1)[C@H]2C(=O)Cc1ccc(C(C)(C)C)c(F)c1. The largest absolute Gasteiger partial charge is 0.497 e. The molecule has 8 heteroatoms. The van der Waals surface area contributed by atoms with Crippen LogP contribution in [0.1, 0.15) is 49.1 Å². The molecular weight excluding hydrogens is 447 g/mol. The number of urea groups is 1. The average molecular weight is 479 g/mol. The van der Waals surface area contributed by atoms with Gasteiger partial charge in [-0.3, -0.25) is 14.8 Å². The maximum Gasteiger partial charge on any atom is 0.323 e. The first-order valence-corrected chi connectivity index (χ1v) is 11.6. The molecule has 1 aromatic heterocycles. The Morgan fingerprint density at radius 3 is 2.57 bits per heavy atom. The van der Waals surface area contributed by atoms with Crippen molar-refractivity contribution in [3.05, 3.63) is 76.7 Å². The number of hydrogen-bond donors (Lipinski definition) is 1. The maximum atomic E-state index is 14.8. The van der Waals surface area contributed by atoms with E-state index in [1.165, 1.54) is 11.0 Å². The Labute approximate surface area is 204 Å². The molecule has 35 heavy (non-hydrogen) atoms. The molecular formula is C27H31FN4O3. The van der Waals surface area contributed by atoms with E-state index >= 15 is 0 Å². The summed E-state index contributed by atoms with van der Waals surface area (Å²) in [5.41, 5.74) is 2.55. The molecule has 0 bridgehead atoms. The second-order valence-electron chi connectivity index (χ2n) is 9.92. The number of ketones is 1. The van der Waals surface area contributed by atoms with Crippen molar-refractivity contribution in [3.8, 4) is 5.75 Å². The van der Waals surface area contributed by atoms with Crippen molar-refractivity contribution in [2.75, 3.05) is 19.0 Å². The summed E-state index contributed by atoms with van der Waals surface area (Å²) in [6.07, 6.45) is 2.32. The Hall–Kier alpha value is -3.68. The molecule has 0 saturated heterocycles. The van der Waals surface area contributed by atoms with Crippen LogP contribution in [0.2, 0.25) is 0 Å². The standard InChI is InChI=1S/C27H31FN4O3/c1-27(2,3)21-9-6-17(14-22(21)28)15-23(33)25-20-8-7-19(35-5)16-18(20)10-13-32(25)26(34)29-24-11-12-31(4)30-24/h6-9,11-12,14,16,25H,10,13,15H2,1-5H3,(H,29,30,34)/t25-/m1/s1. The molecule has 1 atom stereocenters. The summed E-state index contributed by atoms with van der Waals surface area (Å²) in [7, 11) is 3.35. The van der Waals surface area contributed by atoms with Crippen LogP contribution in [0.25, 0.3) is 0 Å². The van der Waals surface area contributed by atoms with Crippen molar-refractivity contribution in [1.29, 1.82) is 0 Å². The van der Waals surface area contributed by atoms with Crippen molar-refractivity contribution >= 4 is 17.6 Å². The molecule has 0 aliphatic carbocycles. The molecule has 0 saturated carbocycles. The second kappa shape index (κ2) is 9.52. The molecule has 2 aromatic carbocycles. The predicted molar refractivity (Wildman–Crippen MR) is 132 cm³/mol. The lowest BCUT2D eigenvalue weighted by Gasteiger charge is -2.36. The van der Waals surface area contributed by atoms with Crippen molar-refractivity contribution in [3.63, 3.8) is 0 Å². The molecule has 184 valence electrons. The van der Waals surface area contributed by atoms with Gasteiger partial charge in [-0.2, -0.15) is 5.10 Å². The van der Waals surface area contributed by atoms with Gasteiger partial charge in [0, 0.05) is 32.3 Å². The lowest BCUT2D eigenvalue weighted by molar-refractivity contribution is -0.123. The van der Waals surface area contributed by atoms with Gasteiger partial charge in [0.15, 0.2) is 11.6 Å². The number of nitrogens with one attached hydrogen (secondary N) is 1. The molecule has 2 amide bonds. The fourth-order valence-corrected chi connectivity index (χ4v) is 4.53. The van der Waals surface area contributed by atoms with E-state index in [2.05, 4.69) is 10.4 Å². The lowest BCUT2D eigenvalue weighted by Crippen LogP contribution is -2.46. The molecule has 7 nitrogen and oxygen atoms in total. The minimum Gasteiger partial charge on any atom is -0.497 e. The van der Waals surface area contributed by atoms with Gasteiger partial charge in [0.05, 0.1) is 7.11 Å². The van der Waals surface area contributed by atoms with E-state index in [1.54, 1.807) is 49.3 Å². The van der Waals surface area contributed by atoms with Gasteiger partial charge in [0.2, 0.25) is 0 Å². The molecule has 1 aliphatic heterocycles. The quantitative estimate of drug-likeness (QED) is 0.571. The molecule has 1 aliphatic rings. The van der Waals surface area contributed by atoms with Gasteiger partial charge in [-0.15, -0.1) is 0 Å². The number of amides is 2. The number of hydrogen-bond acceptors (Lipinski definition) is 4. The molecule has 0 spiro atoms. The highest BCUT2D eigenvalue weighted by molar-refractivity contribution is 5.95. The van der Waals surface area contributed by atoms with Crippen LogP contribution in [-0.2, 0) is 30.1 Å². The van der Waals surface area contributed by atoms with E-state index in [0.717, 1.165) is 11.1 Å². The minimum atomic E-state index is -0.807. The Balaban J connectivity index is 1.65. The van der Waals surface area contributed by atoms with Crippen molar-refractivity contribution in [1.82, 2.24) is 14.7 Å². The number of carbonyl (C=O) groups is 2. The zero-order valence-electron chi connectivity index (χ0n) is 20.8. The number of fused-ring (bicyclic) bond motifs is 1. The number of anilines is 1. The van der Waals surface area contributed by atoms with Crippen LogP contribution in [-0.4, -0.2) is 40.1 Å². The summed E-state index contributed by atoms with van der Waals surface area (Å²) >= 11 is 0. The fourth-order valence-electron chi connectivity index (χ4n) is 4.53. The first-order valence-electron chi connectivity index (χ1n) is 11.6. The summed E-state index contributed by atoms with van der Waals surface area (Å²) in [6.45, 7) is 6.19. The van der Waals surface area contributed by atoms with Gasteiger partial charge >= 0.3 is 6.03 Å². The van der Waals surface area contributed by atoms with Gasteiger partial charge in [-0.25, -0.2) is 9.18 Å². The number of aryl methyl sites for hydroxylation is 1. The van der Waals surface area contributed by atoms with Crippen LogP contribution < -0.4 is 10.1 Å². The van der Waals surface area contributed by atoms with Crippen LogP contribution in [0.15, 0.2) is 48.7 Å². The van der Waals surface area contributed by atoms with Gasteiger partial charge in [-0.05, 0) is 52.3 Å². The maximum absolute atomic E-state index is 14.8. The van der Waals surface area contributed by atoms with Crippen LogP contribution in [0, 0.1) is 5.82 Å². The number of carbonyl (C=O) groups excluding carboxylic acids is 2. The number of nitrogens with zero attached hydrogens (tertiary/aromatic N) is 3. The van der Waals surface area contributed by atoms with Gasteiger partial charge < -0.3 is 9.64 Å². The molecule has 1 N–H and O–H groups in total. The molecule has 0 unspecified atom stereocenters. The lowest BCUT2D eigenvalue weighted by atomic mass is 9.85. The number of methoxy groups -OCH3 is 1. The zero-order chi connectivity index (χ0) is 25.3. The van der Waals surface area contributed by atoms with E-state index < -0.39 is 12.1 Å². The van der Waals surface area contributed by atoms with Gasteiger partial charge in [0.25, 0.3) is 0 Å². The third kappa shape index (κ3) is 5.21. The summed E-state index contributed by atoms with van der Waals surface area (Å²) in [4.78, 5) is 28.4. The smallest absolute Gasteiger partial charge is 0.323 e. The average Bonchev–Trinajstić information content (AvgIpc) is 3.21. The van der Waals surface area contributed by atoms with Crippen molar-refractivity contribution in [2.24, 2.45) is 7.05 Å². The summed E-state index contributed by atoms with van der Waals surface area (Å²) in [6, 6.07) is 11.0. The second-order valence-corrected chi connectivity index (χ2v) is 9.92. The zero-order valence-corrected chi connectivity index (χ0v) is 20.8. The van der Waals surface area contributed by atoms with Crippen LogP contribution >= 0.6 is 0 Å². The highest BCUT2D eigenvalue weighted by Crippen LogP contribution is 2.34.